The first-order chi connectivity index (χ1) is 9.16. The second-order valence-corrected chi connectivity index (χ2v) is 4.30. The number of aromatic nitrogens is 5. The molecule has 0 saturated carbocycles. The zero-order chi connectivity index (χ0) is 13.4. The number of rotatable bonds is 2. The number of fused-ring (bicyclic) bond motifs is 1. The van der Waals surface area contributed by atoms with Gasteiger partial charge < -0.3 is 4.90 Å². The minimum atomic E-state index is -0.302. The fraction of sp³-hybridized carbons (Fsp3) is 0.167. The van der Waals surface area contributed by atoms with Gasteiger partial charge in [0.1, 0.15) is 0 Å². The lowest BCUT2D eigenvalue weighted by atomic mass is 10.2. The number of nitrogens with one attached hydrogen (secondary N) is 1. The largest absolute Gasteiger partial charge is 0.350 e. The van der Waals surface area contributed by atoms with Crippen LogP contribution < -0.4 is 10.6 Å². The standard InChI is InChI=1S/C12H12N6O/c1-17(2)11-14-9(8-4-3-5-13-7-8)6-10-15-16-12(19)18(10)11/h3-7H,1-2H3,(H,16,19). The zero-order valence-corrected chi connectivity index (χ0v) is 10.5. The van der Waals surface area contributed by atoms with E-state index in [0.717, 1.165) is 11.3 Å². The molecule has 0 atom stereocenters. The number of hydrogen-bond donors (Lipinski definition) is 1. The van der Waals surface area contributed by atoms with Crippen LogP contribution in [0, 0.1) is 0 Å². The lowest BCUT2D eigenvalue weighted by molar-refractivity contribution is 0.930. The second kappa shape index (κ2) is 4.20. The van der Waals surface area contributed by atoms with Crippen molar-refractivity contribution in [2.24, 2.45) is 0 Å². The van der Waals surface area contributed by atoms with Gasteiger partial charge in [0.15, 0.2) is 5.65 Å². The van der Waals surface area contributed by atoms with Gasteiger partial charge in [-0.2, -0.15) is 5.10 Å². The van der Waals surface area contributed by atoms with Crippen LogP contribution in [0.1, 0.15) is 0 Å². The Morgan fingerprint density at radius 3 is 2.89 bits per heavy atom. The van der Waals surface area contributed by atoms with Crippen LogP contribution in [0.5, 0.6) is 0 Å². The molecule has 3 heterocycles. The summed E-state index contributed by atoms with van der Waals surface area (Å²) in [6.07, 6.45) is 3.43. The molecule has 0 aliphatic heterocycles. The van der Waals surface area contributed by atoms with E-state index in [1.54, 1.807) is 23.4 Å². The third-order valence-corrected chi connectivity index (χ3v) is 2.74. The summed E-state index contributed by atoms with van der Waals surface area (Å²) in [6, 6.07) is 5.51. The number of anilines is 1. The van der Waals surface area contributed by atoms with Crippen molar-refractivity contribution in [2.45, 2.75) is 0 Å². The predicted molar refractivity (Wildman–Crippen MR) is 71.2 cm³/mol. The Kier molecular flexibility index (Phi) is 2.52. The minimum absolute atomic E-state index is 0.302. The van der Waals surface area contributed by atoms with Crippen LogP contribution >= 0.6 is 0 Å². The van der Waals surface area contributed by atoms with Gasteiger partial charge in [-0.25, -0.2) is 19.3 Å². The number of H-pyrrole nitrogens is 1. The molecule has 0 bridgehead atoms. The molecular weight excluding hydrogens is 244 g/mol. The summed E-state index contributed by atoms with van der Waals surface area (Å²) in [5, 5.41) is 6.41. The van der Waals surface area contributed by atoms with Gasteiger partial charge >= 0.3 is 5.69 Å². The Bertz CT molecular complexity index is 774. The first kappa shape index (κ1) is 11.4. The maximum Gasteiger partial charge on any atom is 0.350 e. The Balaban J connectivity index is 2.32. The van der Waals surface area contributed by atoms with Crippen LogP contribution in [0.15, 0.2) is 35.4 Å². The van der Waals surface area contributed by atoms with E-state index in [2.05, 4.69) is 20.2 Å². The lowest BCUT2D eigenvalue weighted by Crippen LogP contribution is -2.21. The number of nitrogens with zero attached hydrogens (tertiary/aromatic N) is 5. The maximum absolute atomic E-state index is 11.7. The Hall–Kier alpha value is -2.70. The van der Waals surface area contributed by atoms with Crippen molar-refractivity contribution in [3.8, 4) is 11.3 Å². The maximum atomic E-state index is 11.7. The molecule has 7 heteroatoms. The topological polar surface area (TPSA) is 79.2 Å². The van der Waals surface area contributed by atoms with Gasteiger partial charge in [-0.3, -0.25) is 4.98 Å². The van der Waals surface area contributed by atoms with Crippen molar-refractivity contribution in [2.75, 3.05) is 19.0 Å². The predicted octanol–water partition coefficient (Wildman–Crippen LogP) is 0.546. The summed E-state index contributed by atoms with van der Waals surface area (Å²) in [5.74, 6) is 0.523. The molecule has 3 aromatic rings. The highest BCUT2D eigenvalue weighted by atomic mass is 16.1. The van der Waals surface area contributed by atoms with Gasteiger partial charge in [-0.15, -0.1) is 0 Å². The molecule has 19 heavy (non-hydrogen) atoms. The van der Waals surface area contributed by atoms with Crippen molar-refractivity contribution in [3.05, 3.63) is 41.1 Å². The third kappa shape index (κ3) is 1.85. The van der Waals surface area contributed by atoms with Crippen molar-refractivity contribution in [3.63, 3.8) is 0 Å². The minimum Gasteiger partial charge on any atom is -0.348 e. The summed E-state index contributed by atoms with van der Waals surface area (Å²) in [7, 11) is 3.66. The van der Waals surface area contributed by atoms with Crippen LogP contribution in [0.2, 0.25) is 0 Å². The van der Waals surface area contributed by atoms with Gasteiger partial charge in [0.05, 0.1) is 5.69 Å². The molecule has 0 saturated heterocycles. The average Bonchev–Trinajstić information content (AvgIpc) is 2.80. The molecule has 0 aliphatic rings. The molecule has 7 nitrogen and oxygen atoms in total. The fourth-order valence-electron chi connectivity index (χ4n) is 1.87. The van der Waals surface area contributed by atoms with Crippen molar-refractivity contribution in [1.29, 1.82) is 0 Å². The van der Waals surface area contributed by atoms with Gasteiger partial charge in [0.25, 0.3) is 0 Å². The van der Waals surface area contributed by atoms with Gasteiger partial charge in [0.2, 0.25) is 5.95 Å². The molecule has 0 aliphatic carbocycles. The molecule has 0 radical (unpaired) electrons. The Morgan fingerprint density at radius 1 is 1.37 bits per heavy atom. The van der Waals surface area contributed by atoms with Crippen LogP contribution in [0.25, 0.3) is 16.9 Å². The van der Waals surface area contributed by atoms with E-state index in [-0.39, 0.29) is 5.69 Å². The van der Waals surface area contributed by atoms with Crippen LogP contribution in [0.3, 0.4) is 0 Å². The summed E-state index contributed by atoms with van der Waals surface area (Å²) < 4.78 is 1.43. The Labute approximate surface area is 108 Å². The smallest absolute Gasteiger partial charge is 0.348 e. The number of pyridine rings is 1. The van der Waals surface area contributed by atoms with E-state index >= 15 is 0 Å². The SMILES string of the molecule is CN(C)c1nc(-c2cccnc2)cc2n[nH]c(=O)n12. The zero-order valence-electron chi connectivity index (χ0n) is 10.5. The highest BCUT2D eigenvalue weighted by molar-refractivity contribution is 5.65. The van der Waals surface area contributed by atoms with E-state index in [9.17, 15) is 4.79 Å². The van der Waals surface area contributed by atoms with Crippen molar-refractivity contribution < 1.29 is 0 Å². The normalized spacial score (nSPS) is 10.8. The van der Waals surface area contributed by atoms with Crippen LogP contribution in [0.4, 0.5) is 5.95 Å². The quantitative estimate of drug-likeness (QED) is 0.724. The van der Waals surface area contributed by atoms with Gasteiger partial charge in [-0.05, 0) is 12.1 Å². The van der Waals surface area contributed by atoms with E-state index in [1.165, 1.54) is 4.40 Å². The second-order valence-electron chi connectivity index (χ2n) is 4.30. The molecule has 0 aromatic carbocycles. The van der Waals surface area contributed by atoms with Crippen molar-refractivity contribution >= 4 is 11.6 Å². The van der Waals surface area contributed by atoms with Crippen LogP contribution in [-0.4, -0.2) is 38.7 Å². The fourth-order valence-corrected chi connectivity index (χ4v) is 1.87. The highest BCUT2D eigenvalue weighted by Gasteiger charge is 2.12. The van der Waals surface area contributed by atoms with Crippen molar-refractivity contribution in [1.82, 2.24) is 24.6 Å². The molecular formula is C12H12N6O. The lowest BCUT2D eigenvalue weighted by Gasteiger charge is -2.13. The average molecular weight is 256 g/mol. The van der Waals surface area contributed by atoms with E-state index in [0.29, 0.717) is 11.6 Å². The molecule has 3 aromatic heterocycles. The number of aromatic amines is 1. The summed E-state index contributed by atoms with van der Waals surface area (Å²) in [5.41, 5.74) is 1.83. The van der Waals surface area contributed by atoms with Crippen LogP contribution in [-0.2, 0) is 0 Å². The summed E-state index contributed by atoms with van der Waals surface area (Å²) in [6.45, 7) is 0. The third-order valence-electron chi connectivity index (χ3n) is 2.74. The van der Waals surface area contributed by atoms with Gasteiger partial charge in [0, 0.05) is 38.1 Å². The summed E-state index contributed by atoms with van der Waals surface area (Å²) in [4.78, 5) is 22.0. The summed E-state index contributed by atoms with van der Waals surface area (Å²) >= 11 is 0. The molecule has 0 unspecified atom stereocenters. The van der Waals surface area contributed by atoms with E-state index in [1.807, 2.05) is 26.2 Å². The molecule has 96 valence electrons. The first-order valence-electron chi connectivity index (χ1n) is 5.73. The highest BCUT2D eigenvalue weighted by Crippen LogP contribution is 2.20. The van der Waals surface area contributed by atoms with Gasteiger partial charge in [-0.1, -0.05) is 0 Å². The monoisotopic (exact) mass is 256 g/mol. The van der Waals surface area contributed by atoms with E-state index in [4.69, 9.17) is 0 Å². The number of hydrogen-bond acceptors (Lipinski definition) is 5. The molecule has 1 N–H and O–H groups in total. The molecule has 3 rings (SSSR count). The first-order valence-corrected chi connectivity index (χ1v) is 5.73. The molecule has 0 fully saturated rings. The molecule has 0 amide bonds. The molecule has 0 spiro atoms. The van der Waals surface area contributed by atoms with E-state index < -0.39 is 0 Å². The Morgan fingerprint density at radius 2 is 2.21 bits per heavy atom.